The molecule has 0 spiro atoms. The summed E-state index contributed by atoms with van der Waals surface area (Å²) < 4.78 is 28.9. The summed E-state index contributed by atoms with van der Waals surface area (Å²) in [5.74, 6) is -0.00104. The third-order valence-corrected chi connectivity index (χ3v) is 7.01. The van der Waals surface area contributed by atoms with Gasteiger partial charge in [-0.05, 0) is 62.2 Å². The number of carbonyl (C=O) groups is 1. The van der Waals surface area contributed by atoms with Crippen LogP contribution in [0.4, 0.5) is 5.69 Å². The number of aromatic nitrogens is 2. The van der Waals surface area contributed by atoms with Crippen LogP contribution in [0.3, 0.4) is 0 Å². The summed E-state index contributed by atoms with van der Waals surface area (Å²) in [5.41, 5.74) is -0.0696. The van der Waals surface area contributed by atoms with Crippen LogP contribution >= 0.6 is 0 Å². The van der Waals surface area contributed by atoms with Gasteiger partial charge in [0.1, 0.15) is 5.84 Å². The topological polar surface area (TPSA) is 142 Å². The number of H-pyrrole nitrogens is 1. The molecule has 1 aliphatic rings. The van der Waals surface area contributed by atoms with Gasteiger partial charge in [-0.3, -0.25) is 23.9 Å². The van der Waals surface area contributed by atoms with E-state index in [0.717, 1.165) is 23.8 Å². The molecular weight excluding hydrogens is 458 g/mol. The monoisotopic (exact) mass is 483 g/mol. The highest BCUT2D eigenvalue weighted by Gasteiger charge is 2.18. The van der Waals surface area contributed by atoms with Gasteiger partial charge in [0.05, 0.1) is 15.8 Å². The molecule has 34 heavy (non-hydrogen) atoms. The molecular formula is C23H25N5O5S. The zero-order valence-electron chi connectivity index (χ0n) is 18.6. The Morgan fingerprint density at radius 2 is 1.85 bits per heavy atom. The van der Waals surface area contributed by atoms with Crippen LogP contribution in [0.15, 0.2) is 61.9 Å². The number of hydrogen-bond donors (Lipinski definition) is 3. The minimum atomic E-state index is -3.77. The zero-order chi connectivity index (χ0) is 24.3. The van der Waals surface area contributed by atoms with E-state index in [9.17, 15) is 22.8 Å². The zero-order valence-corrected chi connectivity index (χ0v) is 19.4. The molecule has 0 radical (unpaired) electrons. The molecule has 2 aromatic carbocycles. The van der Waals surface area contributed by atoms with Crippen molar-refractivity contribution in [1.82, 2.24) is 14.3 Å². The lowest BCUT2D eigenvalue weighted by molar-refractivity contribution is 0.102. The molecule has 0 saturated heterocycles. The lowest BCUT2D eigenvalue weighted by Gasteiger charge is -2.11. The molecule has 0 unspecified atom stereocenters. The first-order chi connectivity index (χ1) is 16.3. The highest BCUT2D eigenvalue weighted by atomic mass is 32.2. The Balaban J connectivity index is 1.50. The van der Waals surface area contributed by atoms with Crippen molar-refractivity contribution in [3.63, 3.8) is 0 Å². The predicted molar refractivity (Wildman–Crippen MR) is 130 cm³/mol. The van der Waals surface area contributed by atoms with E-state index in [4.69, 9.17) is 0 Å². The van der Waals surface area contributed by atoms with E-state index in [2.05, 4.69) is 20.0 Å². The van der Waals surface area contributed by atoms with Gasteiger partial charge < -0.3 is 10.3 Å². The number of benzene rings is 2. The van der Waals surface area contributed by atoms with Crippen molar-refractivity contribution >= 4 is 38.4 Å². The Hall–Kier alpha value is -3.73. The molecule has 0 atom stereocenters. The standard InChI is InChI=1S/C23H25N5O5S/c1-2-28-22(30)18-12-7-15(14-19(18)26-23(28)31)21(29)25-16-8-10-17(11-9-16)34(32,33)27-20-6-4-3-5-13-24-20/h7-12,14H,2-6,13H2,1H3,(H,24,27)(H,25,29)(H,26,31). The summed E-state index contributed by atoms with van der Waals surface area (Å²) in [4.78, 5) is 44.1. The lowest BCUT2D eigenvalue weighted by atomic mass is 10.1. The maximum absolute atomic E-state index is 12.7. The lowest BCUT2D eigenvalue weighted by Crippen LogP contribution is -2.34. The van der Waals surface area contributed by atoms with Crippen LogP contribution < -0.4 is 21.3 Å². The molecule has 0 aliphatic carbocycles. The number of aromatic amines is 1. The van der Waals surface area contributed by atoms with Gasteiger partial charge in [0, 0.05) is 30.8 Å². The number of carbonyl (C=O) groups excluding carboxylic acids is 1. The summed E-state index contributed by atoms with van der Waals surface area (Å²) in [6.45, 7) is 2.55. The van der Waals surface area contributed by atoms with Crippen LogP contribution in [-0.2, 0) is 16.6 Å². The fourth-order valence-corrected chi connectivity index (χ4v) is 4.86. The average molecular weight is 484 g/mol. The summed E-state index contributed by atoms with van der Waals surface area (Å²) >= 11 is 0. The summed E-state index contributed by atoms with van der Waals surface area (Å²) in [7, 11) is -3.77. The highest BCUT2D eigenvalue weighted by molar-refractivity contribution is 7.90. The second kappa shape index (κ2) is 9.64. The Kier molecular flexibility index (Phi) is 6.64. The van der Waals surface area contributed by atoms with Crippen LogP contribution in [-0.4, -0.2) is 36.3 Å². The third-order valence-electron chi connectivity index (χ3n) is 5.61. The van der Waals surface area contributed by atoms with Gasteiger partial charge in [-0.2, -0.15) is 0 Å². The smallest absolute Gasteiger partial charge is 0.322 e. The Morgan fingerprint density at radius 3 is 2.59 bits per heavy atom. The average Bonchev–Trinajstić information content (AvgIpc) is 3.07. The molecule has 3 N–H and O–H groups in total. The number of nitrogens with one attached hydrogen (secondary N) is 3. The largest absolute Gasteiger partial charge is 0.328 e. The molecule has 0 bridgehead atoms. The molecule has 1 amide bonds. The quantitative estimate of drug-likeness (QED) is 0.510. The highest BCUT2D eigenvalue weighted by Crippen LogP contribution is 2.17. The van der Waals surface area contributed by atoms with Crippen molar-refractivity contribution in [2.24, 2.45) is 4.99 Å². The van der Waals surface area contributed by atoms with E-state index in [-0.39, 0.29) is 22.5 Å². The van der Waals surface area contributed by atoms with Crippen molar-refractivity contribution < 1.29 is 13.2 Å². The number of sulfonamides is 1. The van der Waals surface area contributed by atoms with Crippen molar-refractivity contribution in [2.75, 3.05) is 11.9 Å². The SMILES string of the molecule is CCn1c(=O)[nH]c2cc(C(=O)Nc3ccc(S(=O)(=O)NC4=NCCCCC4)cc3)ccc2c1=O. The van der Waals surface area contributed by atoms with E-state index in [1.54, 1.807) is 6.92 Å². The van der Waals surface area contributed by atoms with Crippen LogP contribution in [0, 0.1) is 0 Å². The number of nitrogens with zero attached hydrogens (tertiary/aromatic N) is 2. The van der Waals surface area contributed by atoms with Crippen molar-refractivity contribution in [3.8, 4) is 0 Å². The maximum Gasteiger partial charge on any atom is 0.328 e. The number of amides is 1. The fraction of sp³-hybridized carbons (Fsp3) is 0.304. The van der Waals surface area contributed by atoms with E-state index < -0.39 is 27.2 Å². The summed E-state index contributed by atoms with van der Waals surface area (Å²) in [6.07, 6.45) is 3.46. The molecule has 2 heterocycles. The van der Waals surface area contributed by atoms with Crippen LogP contribution in [0.1, 0.15) is 43.0 Å². The molecule has 178 valence electrons. The van der Waals surface area contributed by atoms with Crippen LogP contribution in [0.2, 0.25) is 0 Å². The number of hydrogen-bond acceptors (Lipinski definition) is 6. The first kappa shape index (κ1) is 23.4. The number of amidine groups is 1. The minimum absolute atomic E-state index is 0.0629. The molecule has 0 fully saturated rings. The van der Waals surface area contributed by atoms with Gasteiger partial charge in [-0.25, -0.2) is 13.2 Å². The predicted octanol–water partition coefficient (Wildman–Crippen LogP) is 2.21. The first-order valence-electron chi connectivity index (χ1n) is 11.0. The summed E-state index contributed by atoms with van der Waals surface area (Å²) in [6, 6.07) is 10.2. The number of anilines is 1. The molecule has 1 aliphatic heterocycles. The molecule has 0 saturated carbocycles. The van der Waals surface area contributed by atoms with Gasteiger partial charge in [0.25, 0.3) is 21.5 Å². The molecule has 4 rings (SSSR count). The Labute approximate surface area is 195 Å². The Bertz CT molecular complexity index is 1490. The number of aliphatic imine (C=N–C) groups is 1. The van der Waals surface area contributed by atoms with Crippen LogP contribution in [0.25, 0.3) is 10.9 Å². The molecule has 3 aromatic rings. The number of rotatable bonds is 5. The minimum Gasteiger partial charge on any atom is -0.322 e. The first-order valence-corrected chi connectivity index (χ1v) is 12.5. The van der Waals surface area contributed by atoms with Gasteiger partial charge in [-0.15, -0.1) is 0 Å². The van der Waals surface area contributed by atoms with Gasteiger partial charge in [0.15, 0.2) is 0 Å². The molecule has 11 heteroatoms. The number of fused-ring (bicyclic) bond motifs is 1. The van der Waals surface area contributed by atoms with Crippen LogP contribution in [0.5, 0.6) is 0 Å². The fourth-order valence-electron chi connectivity index (χ4n) is 3.78. The molecule has 1 aromatic heterocycles. The van der Waals surface area contributed by atoms with Crippen molar-refractivity contribution in [3.05, 3.63) is 68.9 Å². The molecule has 10 nitrogen and oxygen atoms in total. The Morgan fingerprint density at radius 1 is 1.09 bits per heavy atom. The van der Waals surface area contributed by atoms with E-state index >= 15 is 0 Å². The second-order valence-electron chi connectivity index (χ2n) is 7.96. The van der Waals surface area contributed by atoms with Gasteiger partial charge in [-0.1, -0.05) is 6.42 Å². The van der Waals surface area contributed by atoms with E-state index in [1.807, 2.05) is 0 Å². The van der Waals surface area contributed by atoms with Gasteiger partial charge >= 0.3 is 5.69 Å². The normalized spacial score (nSPS) is 14.3. The summed E-state index contributed by atoms with van der Waals surface area (Å²) in [5, 5.41) is 2.99. The van der Waals surface area contributed by atoms with Crippen molar-refractivity contribution in [2.45, 2.75) is 44.0 Å². The van der Waals surface area contributed by atoms with E-state index in [1.165, 1.54) is 42.5 Å². The second-order valence-corrected chi connectivity index (χ2v) is 9.65. The van der Waals surface area contributed by atoms with E-state index in [0.29, 0.717) is 29.9 Å². The third kappa shape index (κ3) is 4.93. The maximum atomic E-state index is 12.7. The van der Waals surface area contributed by atoms with Gasteiger partial charge in [0.2, 0.25) is 0 Å². The van der Waals surface area contributed by atoms with Crippen molar-refractivity contribution in [1.29, 1.82) is 0 Å².